The minimum Gasteiger partial charge on any atom is -0.493 e. The number of H-pyrrole nitrogens is 1. The maximum absolute atomic E-state index is 12.6. The van der Waals surface area contributed by atoms with Gasteiger partial charge in [-0.2, -0.15) is 0 Å². The Kier molecular flexibility index (Phi) is 5.91. The van der Waals surface area contributed by atoms with Gasteiger partial charge in [-0.05, 0) is 37.3 Å². The summed E-state index contributed by atoms with van der Waals surface area (Å²) in [5.41, 5.74) is 3.47. The molecule has 0 radical (unpaired) electrons. The number of thiazole rings is 1. The van der Waals surface area contributed by atoms with Crippen LogP contribution in [0, 0.1) is 0 Å². The van der Waals surface area contributed by atoms with Crippen molar-refractivity contribution in [3.8, 4) is 22.8 Å². The van der Waals surface area contributed by atoms with Crippen LogP contribution in [0.3, 0.4) is 0 Å². The molecule has 1 amide bonds. The first-order valence-electron chi connectivity index (χ1n) is 9.17. The normalized spacial score (nSPS) is 12.0. The van der Waals surface area contributed by atoms with E-state index in [-0.39, 0.29) is 11.2 Å². The van der Waals surface area contributed by atoms with Gasteiger partial charge in [0.2, 0.25) is 5.91 Å². The summed E-state index contributed by atoms with van der Waals surface area (Å²) in [5, 5.41) is 5.70. The topological polar surface area (TPSA) is 89.1 Å². The summed E-state index contributed by atoms with van der Waals surface area (Å²) < 4.78 is 10.6. The van der Waals surface area contributed by atoms with Gasteiger partial charge in [-0.25, -0.2) is 9.97 Å². The molecule has 4 aromatic rings. The van der Waals surface area contributed by atoms with Crippen LogP contribution in [0.5, 0.6) is 11.5 Å². The van der Waals surface area contributed by atoms with Crippen molar-refractivity contribution in [2.24, 2.45) is 0 Å². The van der Waals surface area contributed by atoms with Gasteiger partial charge in [0.25, 0.3) is 0 Å². The lowest BCUT2D eigenvalue weighted by atomic mass is 10.1. The number of aromatic amines is 1. The molecule has 154 valence electrons. The van der Waals surface area contributed by atoms with Crippen molar-refractivity contribution >= 4 is 45.2 Å². The number of ether oxygens (including phenoxy) is 2. The van der Waals surface area contributed by atoms with Gasteiger partial charge in [0, 0.05) is 10.9 Å². The molecule has 0 saturated carbocycles. The SMILES string of the molecule is COc1ccc(-c2csc(NC(=O)C(C)Sc3nc4ccccc4[nH]3)n2)cc1OC. The van der Waals surface area contributed by atoms with Crippen LogP contribution in [-0.2, 0) is 4.79 Å². The number of amides is 1. The van der Waals surface area contributed by atoms with Gasteiger partial charge < -0.3 is 19.8 Å². The van der Waals surface area contributed by atoms with Crippen molar-refractivity contribution in [2.75, 3.05) is 19.5 Å². The van der Waals surface area contributed by atoms with Crippen LogP contribution >= 0.6 is 23.1 Å². The highest BCUT2D eigenvalue weighted by atomic mass is 32.2. The Hall–Kier alpha value is -3.04. The monoisotopic (exact) mass is 440 g/mol. The second kappa shape index (κ2) is 8.76. The van der Waals surface area contributed by atoms with E-state index in [1.165, 1.54) is 23.1 Å². The van der Waals surface area contributed by atoms with Crippen LogP contribution < -0.4 is 14.8 Å². The van der Waals surface area contributed by atoms with Gasteiger partial charge in [0.05, 0.1) is 36.2 Å². The average molecular weight is 441 g/mol. The smallest absolute Gasteiger partial charge is 0.239 e. The molecule has 0 bridgehead atoms. The molecule has 2 N–H and O–H groups in total. The van der Waals surface area contributed by atoms with Gasteiger partial charge in [-0.1, -0.05) is 23.9 Å². The van der Waals surface area contributed by atoms with Crippen LogP contribution in [0.15, 0.2) is 53.0 Å². The lowest BCUT2D eigenvalue weighted by molar-refractivity contribution is -0.115. The molecule has 0 aliphatic carbocycles. The molecule has 1 unspecified atom stereocenters. The van der Waals surface area contributed by atoms with Crippen molar-refractivity contribution in [2.45, 2.75) is 17.3 Å². The van der Waals surface area contributed by atoms with Crippen LogP contribution in [0.1, 0.15) is 6.92 Å². The maximum Gasteiger partial charge on any atom is 0.239 e. The maximum atomic E-state index is 12.6. The molecule has 1 atom stereocenters. The largest absolute Gasteiger partial charge is 0.493 e. The highest BCUT2D eigenvalue weighted by molar-refractivity contribution is 8.00. The van der Waals surface area contributed by atoms with Crippen molar-refractivity contribution < 1.29 is 14.3 Å². The van der Waals surface area contributed by atoms with E-state index in [0.29, 0.717) is 21.8 Å². The highest BCUT2D eigenvalue weighted by Crippen LogP contribution is 2.33. The van der Waals surface area contributed by atoms with Crippen LogP contribution in [0.25, 0.3) is 22.3 Å². The molecule has 2 aromatic carbocycles. The minimum atomic E-state index is -0.334. The minimum absolute atomic E-state index is 0.131. The molecule has 0 spiro atoms. The number of hydrogen-bond acceptors (Lipinski definition) is 7. The first-order valence-corrected chi connectivity index (χ1v) is 10.9. The molecular formula is C21H20N4O3S2. The van der Waals surface area contributed by atoms with E-state index in [9.17, 15) is 4.79 Å². The number of nitrogens with one attached hydrogen (secondary N) is 2. The molecular weight excluding hydrogens is 420 g/mol. The van der Waals surface area contributed by atoms with E-state index in [2.05, 4.69) is 20.3 Å². The zero-order chi connectivity index (χ0) is 21.1. The summed E-state index contributed by atoms with van der Waals surface area (Å²) in [6.45, 7) is 1.84. The van der Waals surface area contributed by atoms with E-state index in [1.807, 2.05) is 54.8 Å². The summed E-state index contributed by atoms with van der Waals surface area (Å²) in [6, 6.07) is 13.4. The standard InChI is InChI=1S/C21H20N4O3S2/c1-12(30-21-22-14-6-4-5-7-15(14)23-21)19(26)25-20-24-16(11-29-20)13-8-9-17(27-2)18(10-13)28-3/h4-12H,1-3H3,(H,22,23)(H,24,25,26). The fraction of sp³-hybridized carbons (Fsp3) is 0.190. The molecule has 0 aliphatic rings. The number of hydrogen-bond donors (Lipinski definition) is 2. The molecule has 4 rings (SSSR count). The third kappa shape index (κ3) is 4.27. The Morgan fingerprint density at radius 2 is 1.93 bits per heavy atom. The summed E-state index contributed by atoms with van der Waals surface area (Å²) >= 11 is 2.75. The van der Waals surface area contributed by atoms with E-state index in [1.54, 1.807) is 14.2 Å². The molecule has 9 heteroatoms. The fourth-order valence-electron chi connectivity index (χ4n) is 2.87. The zero-order valence-electron chi connectivity index (χ0n) is 16.6. The number of fused-ring (bicyclic) bond motifs is 1. The number of rotatable bonds is 7. The van der Waals surface area contributed by atoms with E-state index >= 15 is 0 Å². The van der Waals surface area contributed by atoms with E-state index in [0.717, 1.165) is 22.3 Å². The Morgan fingerprint density at radius 3 is 2.70 bits per heavy atom. The Morgan fingerprint density at radius 1 is 1.13 bits per heavy atom. The van der Waals surface area contributed by atoms with E-state index < -0.39 is 0 Å². The Balaban J connectivity index is 1.43. The molecule has 0 saturated heterocycles. The van der Waals surface area contributed by atoms with Gasteiger partial charge >= 0.3 is 0 Å². The second-order valence-electron chi connectivity index (χ2n) is 6.42. The number of imidazole rings is 1. The molecule has 2 heterocycles. The van der Waals surface area contributed by atoms with Crippen LogP contribution in [-0.4, -0.2) is 40.3 Å². The quantitative estimate of drug-likeness (QED) is 0.401. The van der Waals surface area contributed by atoms with Crippen molar-refractivity contribution in [1.82, 2.24) is 15.0 Å². The van der Waals surface area contributed by atoms with Gasteiger partial charge in [0.15, 0.2) is 21.8 Å². The third-order valence-corrected chi connectivity index (χ3v) is 6.18. The lowest BCUT2D eigenvalue weighted by Crippen LogP contribution is -2.22. The lowest BCUT2D eigenvalue weighted by Gasteiger charge is -2.09. The highest BCUT2D eigenvalue weighted by Gasteiger charge is 2.18. The second-order valence-corrected chi connectivity index (χ2v) is 8.60. The molecule has 0 aliphatic heterocycles. The summed E-state index contributed by atoms with van der Waals surface area (Å²) in [5.74, 6) is 1.15. The van der Waals surface area contributed by atoms with E-state index in [4.69, 9.17) is 9.47 Å². The van der Waals surface area contributed by atoms with Crippen LogP contribution in [0.4, 0.5) is 5.13 Å². The number of benzene rings is 2. The average Bonchev–Trinajstić information content (AvgIpc) is 3.39. The number of nitrogens with zero attached hydrogens (tertiary/aromatic N) is 2. The number of thioether (sulfide) groups is 1. The summed E-state index contributed by atoms with van der Waals surface area (Å²) in [6.07, 6.45) is 0. The molecule has 7 nitrogen and oxygen atoms in total. The number of carbonyl (C=O) groups excluding carboxylic acids is 1. The predicted molar refractivity (Wildman–Crippen MR) is 121 cm³/mol. The molecule has 0 fully saturated rings. The van der Waals surface area contributed by atoms with Crippen molar-refractivity contribution in [1.29, 1.82) is 0 Å². The van der Waals surface area contributed by atoms with Gasteiger partial charge in [-0.3, -0.25) is 4.79 Å². The first-order chi connectivity index (χ1) is 14.6. The van der Waals surface area contributed by atoms with Crippen molar-refractivity contribution in [3.63, 3.8) is 0 Å². The molecule has 2 aromatic heterocycles. The number of anilines is 1. The Bertz CT molecular complexity index is 1150. The summed E-state index contributed by atoms with van der Waals surface area (Å²) in [7, 11) is 3.19. The number of methoxy groups -OCH3 is 2. The predicted octanol–water partition coefficient (Wildman–Crippen LogP) is 4.82. The third-order valence-electron chi connectivity index (χ3n) is 4.44. The Labute approximate surface area is 181 Å². The molecule has 30 heavy (non-hydrogen) atoms. The number of aromatic nitrogens is 3. The van der Waals surface area contributed by atoms with Gasteiger partial charge in [0.1, 0.15) is 0 Å². The fourth-order valence-corrected chi connectivity index (χ4v) is 4.42. The van der Waals surface area contributed by atoms with Crippen molar-refractivity contribution in [3.05, 3.63) is 47.8 Å². The number of carbonyl (C=O) groups is 1. The van der Waals surface area contributed by atoms with Gasteiger partial charge in [-0.15, -0.1) is 11.3 Å². The summed E-state index contributed by atoms with van der Waals surface area (Å²) in [4.78, 5) is 24.9. The number of para-hydroxylation sites is 2. The first kappa shape index (κ1) is 20.2. The van der Waals surface area contributed by atoms with Crippen LogP contribution in [0.2, 0.25) is 0 Å². The zero-order valence-corrected chi connectivity index (χ0v) is 18.3.